The van der Waals surface area contributed by atoms with Crippen molar-refractivity contribution in [2.75, 3.05) is 13.2 Å². The molecule has 7 atom stereocenters. The maximum atomic E-state index is 14.8. The van der Waals surface area contributed by atoms with Crippen molar-refractivity contribution in [3.05, 3.63) is 42.6 Å². The number of benzene rings is 1. The highest BCUT2D eigenvalue weighted by atomic mass is 32.2. The molecule has 0 spiro atoms. The molecule has 2 saturated carbocycles. The molecule has 3 N–H and O–H groups in total. The number of carbonyl (C=O) groups excluding carboxylic acids is 4. The van der Waals surface area contributed by atoms with Gasteiger partial charge in [-0.15, -0.1) is 0 Å². The molecule has 4 amide bonds. The summed E-state index contributed by atoms with van der Waals surface area (Å²) in [7, 11) is -4.00. The Bertz CT molecular complexity index is 1990. The Morgan fingerprint density at radius 3 is 2.50 bits per heavy atom. The Kier molecular flexibility index (Phi) is 11.7. The lowest BCUT2D eigenvalue weighted by Gasteiger charge is -2.33. The summed E-state index contributed by atoms with van der Waals surface area (Å²) in [5.74, 6) is -1.64. The van der Waals surface area contributed by atoms with Crippen LogP contribution in [0.15, 0.2) is 42.6 Å². The molecule has 4 aliphatic rings. The Balaban J connectivity index is 0.00000310. The highest BCUT2D eigenvalue weighted by Crippen LogP contribution is 2.47. The van der Waals surface area contributed by atoms with Crippen LogP contribution in [0.3, 0.4) is 0 Å². The number of fused-ring (bicyclic) bond motifs is 3. The van der Waals surface area contributed by atoms with Crippen LogP contribution >= 0.6 is 0 Å². The molecule has 6 rings (SSSR count). The van der Waals surface area contributed by atoms with Crippen LogP contribution in [0.1, 0.15) is 104 Å². The number of hydrogen-bond donors (Lipinski definition) is 3. The summed E-state index contributed by atoms with van der Waals surface area (Å²) < 4.78 is 45.7. The molecule has 0 radical (unpaired) electrons. The molecule has 2 aliphatic heterocycles. The lowest BCUT2D eigenvalue weighted by Crippen LogP contribution is -2.59. The van der Waals surface area contributed by atoms with Crippen molar-refractivity contribution in [1.29, 1.82) is 0 Å². The number of pyridine rings is 1. The largest absolute Gasteiger partial charge is 0.491 e. The lowest BCUT2D eigenvalue weighted by atomic mass is 9.88. The van der Waals surface area contributed by atoms with E-state index < -0.39 is 73.8 Å². The predicted octanol–water partition coefficient (Wildman–Crippen LogP) is 5.89. The Morgan fingerprint density at radius 1 is 1.11 bits per heavy atom. The van der Waals surface area contributed by atoms with Crippen molar-refractivity contribution in [3.8, 4) is 11.6 Å². The zero-order valence-electron chi connectivity index (χ0n) is 33.6. The molecule has 2 aromatic rings. The van der Waals surface area contributed by atoms with Crippen molar-refractivity contribution in [2.45, 2.75) is 134 Å². The molecule has 56 heavy (non-hydrogen) atoms. The van der Waals surface area contributed by atoms with E-state index in [-0.39, 0.29) is 35.5 Å². The van der Waals surface area contributed by atoms with Gasteiger partial charge in [0, 0.05) is 27.4 Å². The fraction of sp³-hybridized carbons (Fsp3) is 0.634. The third kappa shape index (κ3) is 8.92. The van der Waals surface area contributed by atoms with Gasteiger partial charge in [-0.2, -0.15) is 0 Å². The highest BCUT2D eigenvalue weighted by molar-refractivity contribution is 7.91. The van der Waals surface area contributed by atoms with Crippen LogP contribution in [0, 0.1) is 17.8 Å². The molecule has 0 bridgehead atoms. The summed E-state index contributed by atoms with van der Waals surface area (Å²) in [5, 5.41) is 7.23. The van der Waals surface area contributed by atoms with Gasteiger partial charge in [0.15, 0.2) is 0 Å². The van der Waals surface area contributed by atoms with Gasteiger partial charge in [-0.25, -0.2) is 18.2 Å². The summed E-state index contributed by atoms with van der Waals surface area (Å²) in [4.78, 5) is 62.5. The van der Waals surface area contributed by atoms with E-state index in [1.54, 1.807) is 33.9 Å². The Labute approximate surface area is 334 Å². The highest BCUT2D eigenvalue weighted by Gasteiger charge is 2.63. The van der Waals surface area contributed by atoms with Gasteiger partial charge in [0.2, 0.25) is 27.7 Å². The van der Waals surface area contributed by atoms with E-state index >= 15 is 0 Å². The molecule has 312 valence electrons. The fourth-order valence-electron chi connectivity index (χ4n) is 7.75. The molecule has 1 saturated heterocycles. The van der Waals surface area contributed by atoms with E-state index in [1.165, 1.54) is 4.90 Å². The van der Waals surface area contributed by atoms with Gasteiger partial charge in [0.25, 0.3) is 5.91 Å². The summed E-state index contributed by atoms with van der Waals surface area (Å²) in [6.45, 7) is 13.3. The monoisotopic (exact) mass is 801 g/mol. The zero-order valence-corrected chi connectivity index (χ0v) is 34.4. The summed E-state index contributed by atoms with van der Waals surface area (Å²) >= 11 is 0. The zero-order chi connectivity index (χ0) is 40.6. The van der Waals surface area contributed by atoms with E-state index in [2.05, 4.69) is 27.3 Å². The van der Waals surface area contributed by atoms with Gasteiger partial charge >= 0.3 is 6.09 Å². The van der Waals surface area contributed by atoms with E-state index in [0.29, 0.717) is 49.3 Å². The number of ether oxygens (including phenoxy) is 3. The molecule has 1 aromatic heterocycles. The van der Waals surface area contributed by atoms with E-state index in [1.807, 2.05) is 50.3 Å². The number of amides is 4. The standard InChI is InChI=1S/C41H57N5O9S.3H2/c1-8-19-53-32-23-42-35(30-16-12-11-15-29(30)32)54-28-21-31-34(47)44-41(37(49)45-56(51,52)40(7)17-18-40)22-27(41)14-10-9-13-25(2)20-26(3)33(36(48)46(31)24-28)43-38(50)55-39(4,5)6;;;/h10-12,14-16,23,25-28,31,33H,8-9,13,17-22,24H2,1-7H3,(H,43,50)(H,44,47)(H,45,49);3*1H/b14-10-;;;/t25-,26+,27+,28+,31-,33-,41+;;;/m0.../s1. The van der Waals surface area contributed by atoms with Crippen LogP contribution in [-0.4, -0.2) is 89.3 Å². The fourth-order valence-corrected chi connectivity index (χ4v) is 9.06. The Morgan fingerprint density at radius 2 is 1.82 bits per heavy atom. The third-order valence-corrected chi connectivity index (χ3v) is 13.5. The summed E-state index contributed by atoms with van der Waals surface area (Å²) in [6, 6.07) is 5.35. The van der Waals surface area contributed by atoms with Crippen molar-refractivity contribution in [2.24, 2.45) is 17.8 Å². The first-order chi connectivity index (χ1) is 26.4. The molecular weight excluding hydrogens is 739 g/mol. The number of rotatable bonds is 9. The van der Waals surface area contributed by atoms with Crippen molar-refractivity contribution in [1.82, 2.24) is 25.2 Å². The van der Waals surface area contributed by atoms with Crippen LogP contribution < -0.4 is 24.8 Å². The van der Waals surface area contributed by atoms with E-state index in [9.17, 15) is 27.6 Å². The first kappa shape index (κ1) is 41.2. The van der Waals surface area contributed by atoms with E-state index in [4.69, 9.17) is 14.2 Å². The number of hydrogen-bond acceptors (Lipinski definition) is 10. The van der Waals surface area contributed by atoms with Crippen molar-refractivity contribution < 1.29 is 46.1 Å². The van der Waals surface area contributed by atoms with Gasteiger partial charge in [0.05, 0.1) is 24.1 Å². The number of sulfonamides is 1. The average Bonchev–Trinajstić information content (AvgIpc) is 4.01. The second kappa shape index (κ2) is 15.9. The number of allylic oxidation sites excluding steroid dienone is 1. The van der Waals surface area contributed by atoms with Gasteiger partial charge < -0.3 is 29.7 Å². The molecule has 2 aliphatic carbocycles. The Hall–Kier alpha value is -4.40. The molecular formula is C41H63N5O9S. The molecule has 15 heteroatoms. The average molecular weight is 802 g/mol. The normalized spacial score (nSPS) is 29.7. The van der Waals surface area contributed by atoms with Gasteiger partial charge in [0.1, 0.15) is 35.1 Å². The van der Waals surface area contributed by atoms with Crippen LogP contribution in [-0.2, 0) is 29.1 Å². The first-order valence-corrected chi connectivity index (χ1v) is 21.4. The molecule has 0 unspecified atom stereocenters. The second-order valence-corrected chi connectivity index (χ2v) is 19.6. The summed E-state index contributed by atoms with van der Waals surface area (Å²) in [5.41, 5.74) is -2.35. The van der Waals surface area contributed by atoms with Crippen LogP contribution in [0.25, 0.3) is 10.8 Å². The minimum Gasteiger partial charge on any atom is -0.491 e. The van der Waals surface area contributed by atoms with E-state index in [0.717, 1.165) is 18.2 Å². The number of carbonyl (C=O) groups is 4. The van der Waals surface area contributed by atoms with Crippen molar-refractivity contribution >= 4 is 44.6 Å². The van der Waals surface area contributed by atoms with Crippen LogP contribution in [0.2, 0.25) is 0 Å². The number of nitrogens with one attached hydrogen (secondary N) is 3. The molecule has 3 fully saturated rings. The third-order valence-electron chi connectivity index (χ3n) is 11.4. The van der Waals surface area contributed by atoms with Gasteiger partial charge in [-0.3, -0.25) is 19.1 Å². The predicted molar refractivity (Wildman–Crippen MR) is 217 cm³/mol. The minimum absolute atomic E-state index is 0. The van der Waals surface area contributed by atoms with Gasteiger partial charge in [-0.1, -0.05) is 51.1 Å². The molecule has 3 heterocycles. The first-order valence-electron chi connectivity index (χ1n) is 19.9. The molecule has 14 nitrogen and oxygen atoms in total. The SMILES string of the molecule is CCCOc1cnc(O[C@@H]2C[C@H]3C(=O)N[C@]4(C(=O)NS(=O)(=O)C5(C)CC5)C[C@H]4/C=C\CC[C@H](C)C[C@@H](C)[C@H](NC(=O)OC(C)(C)C)C(=O)N3C2)c2ccccc12.[HH].[HH].[HH]. The maximum Gasteiger partial charge on any atom is 0.408 e. The van der Waals surface area contributed by atoms with Crippen LogP contribution in [0.4, 0.5) is 4.79 Å². The smallest absolute Gasteiger partial charge is 0.408 e. The van der Waals surface area contributed by atoms with Gasteiger partial charge in [-0.05, 0) is 90.5 Å². The molecule has 1 aromatic carbocycles. The van der Waals surface area contributed by atoms with Crippen molar-refractivity contribution in [3.63, 3.8) is 0 Å². The topological polar surface area (TPSA) is 182 Å². The number of aromatic nitrogens is 1. The quantitative estimate of drug-likeness (QED) is 0.259. The second-order valence-electron chi connectivity index (χ2n) is 17.4. The van der Waals surface area contributed by atoms with Crippen LogP contribution in [0.5, 0.6) is 11.6 Å². The number of nitrogens with zero attached hydrogens (tertiary/aromatic N) is 2. The minimum atomic E-state index is -4.00. The maximum absolute atomic E-state index is 14.8. The lowest BCUT2D eigenvalue weighted by molar-refractivity contribution is -0.142. The summed E-state index contributed by atoms with van der Waals surface area (Å²) in [6.07, 6.45) is 7.95. The number of alkyl carbamates (subject to hydrolysis) is 1.